The van der Waals surface area contributed by atoms with Crippen molar-refractivity contribution in [3.05, 3.63) is 60.0 Å². The maximum absolute atomic E-state index is 5.49. The van der Waals surface area contributed by atoms with E-state index in [1.54, 1.807) is 31.3 Å². The number of aryl methyl sites for hydroxylation is 1. The second-order valence-corrected chi connectivity index (χ2v) is 6.82. The Morgan fingerprint density at radius 1 is 1.08 bits per heavy atom. The van der Waals surface area contributed by atoms with Crippen LogP contribution >= 0.6 is 11.8 Å². The summed E-state index contributed by atoms with van der Waals surface area (Å²) in [5.74, 6) is 2.50. The number of rotatable bonds is 6. The van der Waals surface area contributed by atoms with Gasteiger partial charge in [0.1, 0.15) is 11.6 Å². The number of ether oxygens (including phenoxy) is 1. The zero-order valence-electron chi connectivity index (χ0n) is 15.4. The zero-order chi connectivity index (χ0) is 18.5. The Hall–Kier alpha value is -2.60. The Bertz CT molecular complexity index is 886. The van der Waals surface area contributed by atoms with Crippen molar-refractivity contribution in [2.45, 2.75) is 18.4 Å². The van der Waals surface area contributed by atoms with Gasteiger partial charge in [-0.2, -0.15) is 0 Å². The van der Waals surface area contributed by atoms with Gasteiger partial charge in [0.05, 0.1) is 7.11 Å². The van der Waals surface area contributed by atoms with Crippen LogP contribution in [0.25, 0.3) is 11.4 Å². The summed E-state index contributed by atoms with van der Waals surface area (Å²) in [4.78, 5) is 16.6. The first-order chi connectivity index (χ1) is 12.6. The average molecular weight is 366 g/mol. The van der Waals surface area contributed by atoms with Gasteiger partial charge in [0.15, 0.2) is 5.82 Å². The third-order valence-electron chi connectivity index (χ3n) is 4.04. The number of aromatic nitrogens is 3. The van der Waals surface area contributed by atoms with E-state index in [2.05, 4.69) is 33.1 Å². The van der Waals surface area contributed by atoms with Crippen molar-refractivity contribution >= 4 is 17.6 Å². The third-order valence-corrected chi connectivity index (χ3v) is 4.82. The van der Waals surface area contributed by atoms with Crippen molar-refractivity contribution in [3.63, 3.8) is 0 Å². The summed E-state index contributed by atoms with van der Waals surface area (Å²) >= 11 is 1.68. The molecular formula is C20H22N4OS. The van der Waals surface area contributed by atoms with E-state index < -0.39 is 0 Å². The minimum atomic E-state index is 0.713. The lowest BCUT2D eigenvalue weighted by atomic mass is 10.2. The summed E-state index contributed by atoms with van der Waals surface area (Å²) in [7, 11) is 3.74. The van der Waals surface area contributed by atoms with E-state index in [1.165, 1.54) is 5.56 Å². The van der Waals surface area contributed by atoms with Crippen LogP contribution in [0.3, 0.4) is 0 Å². The summed E-state index contributed by atoms with van der Waals surface area (Å²) in [6.07, 6.45) is 5.56. The van der Waals surface area contributed by atoms with Crippen LogP contribution in [0.4, 0.5) is 5.82 Å². The molecule has 0 saturated carbocycles. The molecule has 6 heteroatoms. The number of hydrogen-bond acceptors (Lipinski definition) is 6. The minimum Gasteiger partial charge on any atom is -0.496 e. The zero-order valence-corrected chi connectivity index (χ0v) is 16.2. The maximum Gasteiger partial charge on any atom is 0.161 e. The number of anilines is 1. The minimum absolute atomic E-state index is 0.713. The Balaban J connectivity index is 1.86. The van der Waals surface area contributed by atoms with Gasteiger partial charge >= 0.3 is 0 Å². The molecule has 0 fully saturated rings. The lowest BCUT2D eigenvalue weighted by Gasteiger charge is -2.20. The monoisotopic (exact) mass is 366 g/mol. The van der Waals surface area contributed by atoms with Crippen molar-refractivity contribution < 1.29 is 4.74 Å². The molecule has 0 N–H and O–H groups in total. The molecular weight excluding hydrogens is 344 g/mol. The Labute approximate surface area is 158 Å². The van der Waals surface area contributed by atoms with Gasteiger partial charge in [-0.15, -0.1) is 11.8 Å². The topological polar surface area (TPSA) is 51.1 Å². The van der Waals surface area contributed by atoms with Gasteiger partial charge < -0.3 is 9.64 Å². The molecule has 0 saturated heterocycles. The van der Waals surface area contributed by atoms with Crippen molar-refractivity contribution in [2.75, 3.05) is 25.3 Å². The van der Waals surface area contributed by atoms with Gasteiger partial charge in [0.25, 0.3) is 0 Å². The van der Waals surface area contributed by atoms with Gasteiger partial charge in [-0.05, 0) is 43.0 Å². The van der Waals surface area contributed by atoms with Crippen LogP contribution < -0.4 is 9.64 Å². The van der Waals surface area contributed by atoms with Crippen LogP contribution in [0.15, 0.2) is 53.7 Å². The molecule has 26 heavy (non-hydrogen) atoms. The summed E-state index contributed by atoms with van der Waals surface area (Å²) in [6, 6.07) is 12.1. The number of methoxy groups -OCH3 is 1. The van der Waals surface area contributed by atoms with E-state index >= 15 is 0 Å². The summed E-state index contributed by atoms with van der Waals surface area (Å²) in [5.41, 5.74) is 3.07. The average Bonchev–Trinajstić information content (AvgIpc) is 2.68. The predicted molar refractivity (Wildman–Crippen MR) is 107 cm³/mol. The first kappa shape index (κ1) is 18.2. The molecule has 2 aromatic heterocycles. The summed E-state index contributed by atoms with van der Waals surface area (Å²) < 4.78 is 5.49. The van der Waals surface area contributed by atoms with Crippen molar-refractivity contribution in [1.82, 2.24) is 15.0 Å². The van der Waals surface area contributed by atoms with E-state index in [0.717, 1.165) is 34.3 Å². The van der Waals surface area contributed by atoms with E-state index in [4.69, 9.17) is 9.72 Å². The van der Waals surface area contributed by atoms with E-state index in [9.17, 15) is 0 Å². The van der Waals surface area contributed by atoms with Gasteiger partial charge in [-0.1, -0.05) is 6.07 Å². The lowest BCUT2D eigenvalue weighted by molar-refractivity contribution is 0.404. The Morgan fingerprint density at radius 2 is 1.85 bits per heavy atom. The van der Waals surface area contributed by atoms with Crippen LogP contribution in [0.2, 0.25) is 0 Å². The number of thioether (sulfide) groups is 1. The normalized spacial score (nSPS) is 10.6. The highest BCUT2D eigenvalue weighted by molar-refractivity contribution is 7.98. The second-order valence-electron chi connectivity index (χ2n) is 5.97. The fraction of sp³-hybridized carbons (Fsp3) is 0.250. The number of benzene rings is 1. The third kappa shape index (κ3) is 4.14. The molecule has 134 valence electrons. The molecule has 0 unspecified atom stereocenters. The Morgan fingerprint density at radius 3 is 2.54 bits per heavy atom. The quantitative estimate of drug-likeness (QED) is 0.609. The van der Waals surface area contributed by atoms with Crippen molar-refractivity contribution in [2.24, 2.45) is 0 Å². The molecule has 0 bridgehead atoms. The fourth-order valence-corrected chi connectivity index (χ4v) is 3.26. The summed E-state index contributed by atoms with van der Waals surface area (Å²) in [5, 5.41) is 0. The number of hydrogen-bond donors (Lipinski definition) is 0. The van der Waals surface area contributed by atoms with Gasteiger partial charge in [-0.3, -0.25) is 4.98 Å². The number of pyridine rings is 1. The molecule has 1 aromatic carbocycles. The van der Waals surface area contributed by atoms with E-state index in [0.29, 0.717) is 5.82 Å². The van der Waals surface area contributed by atoms with Crippen LogP contribution in [0.1, 0.15) is 11.3 Å². The highest BCUT2D eigenvalue weighted by Crippen LogP contribution is 2.29. The van der Waals surface area contributed by atoms with Crippen LogP contribution in [0.5, 0.6) is 5.75 Å². The van der Waals surface area contributed by atoms with Gasteiger partial charge in [0.2, 0.25) is 0 Å². The molecule has 0 radical (unpaired) electrons. The molecule has 0 aliphatic carbocycles. The van der Waals surface area contributed by atoms with Crippen LogP contribution in [-0.2, 0) is 6.54 Å². The lowest BCUT2D eigenvalue weighted by Crippen LogP contribution is -2.18. The first-order valence-electron chi connectivity index (χ1n) is 8.29. The molecule has 2 heterocycles. The fourth-order valence-electron chi connectivity index (χ4n) is 2.71. The highest BCUT2D eigenvalue weighted by Gasteiger charge is 2.11. The van der Waals surface area contributed by atoms with Gasteiger partial charge in [0, 0.05) is 48.2 Å². The predicted octanol–water partition coefficient (Wildman–Crippen LogP) is 4.21. The number of nitrogens with zero attached hydrogens (tertiary/aromatic N) is 4. The van der Waals surface area contributed by atoms with Crippen molar-refractivity contribution in [3.8, 4) is 17.1 Å². The van der Waals surface area contributed by atoms with Crippen molar-refractivity contribution in [1.29, 1.82) is 0 Å². The molecule has 3 aromatic rings. The second kappa shape index (κ2) is 8.19. The Kier molecular flexibility index (Phi) is 5.73. The smallest absolute Gasteiger partial charge is 0.161 e. The maximum atomic E-state index is 5.49. The molecule has 5 nitrogen and oxygen atoms in total. The molecule has 0 atom stereocenters. The van der Waals surface area contributed by atoms with Gasteiger partial charge in [-0.25, -0.2) is 9.97 Å². The van der Waals surface area contributed by atoms with E-state index in [1.807, 2.05) is 38.4 Å². The van der Waals surface area contributed by atoms with E-state index in [-0.39, 0.29) is 0 Å². The highest BCUT2D eigenvalue weighted by atomic mass is 32.2. The summed E-state index contributed by atoms with van der Waals surface area (Å²) in [6.45, 7) is 2.72. The molecule has 0 amide bonds. The molecule has 3 rings (SSSR count). The van der Waals surface area contributed by atoms with Crippen LogP contribution in [-0.4, -0.2) is 35.4 Å². The molecule has 0 aliphatic heterocycles. The first-order valence-corrected chi connectivity index (χ1v) is 9.51. The van der Waals surface area contributed by atoms with Crippen LogP contribution in [0, 0.1) is 6.92 Å². The largest absolute Gasteiger partial charge is 0.496 e. The molecule has 0 aliphatic rings. The molecule has 0 spiro atoms. The standard InChI is InChI=1S/C20H22N4OS/c1-14-11-19(23-20(22-14)16-7-9-21-10-8-16)24(2)13-15-5-6-18(26-4)17(12-15)25-3/h5-12H,13H2,1-4H3. The SMILES string of the molecule is COc1cc(CN(C)c2cc(C)nc(-c3ccncc3)n2)ccc1SC.